The first kappa shape index (κ1) is 21.5. The number of rotatable bonds is 6. The minimum Gasteiger partial charge on any atom is -0.488 e. The van der Waals surface area contributed by atoms with E-state index < -0.39 is 0 Å². The van der Waals surface area contributed by atoms with Gasteiger partial charge in [0.1, 0.15) is 17.6 Å². The van der Waals surface area contributed by atoms with E-state index in [0.717, 1.165) is 87.3 Å². The second-order valence-corrected chi connectivity index (χ2v) is 9.40. The van der Waals surface area contributed by atoms with E-state index in [0.29, 0.717) is 11.5 Å². The van der Waals surface area contributed by atoms with Crippen molar-refractivity contribution >= 4 is 22.5 Å². The van der Waals surface area contributed by atoms with Crippen LogP contribution in [0.4, 0.5) is 15.9 Å². The van der Waals surface area contributed by atoms with Crippen LogP contribution in [0.1, 0.15) is 50.1 Å². The van der Waals surface area contributed by atoms with E-state index in [1.165, 1.54) is 6.33 Å². The van der Waals surface area contributed by atoms with Crippen molar-refractivity contribution < 1.29 is 13.9 Å². The van der Waals surface area contributed by atoms with Crippen LogP contribution in [0.15, 0.2) is 30.9 Å². The van der Waals surface area contributed by atoms with Crippen LogP contribution in [-0.2, 0) is 4.74 Å². The van der Waals surface area contributed by atoms with Crippen molar-refractivity contribution in [3.63, 3.8) is 0 Å². The number of benzene rings is 1. The first-order valence-electron chi connectivity index (χ1n) is 12.3. The summed E-state index contributed by atoms with van der Waals surface area (Å²) in [6.45, 7) is 3.15. The average Bonchev–Trinajstić information content (AvgIpc) is 3.72. The van der Waals surface area contributed by atoms with Crippen LogP contribution < -0.4 is 15.0 Å². The topological polar surface area (TPSA) is 85.3 Å². The highest BCUT2D eigenvalue weighted by molar-refractivity contribution is 5.85. The molecule has 0 spiro atoms. The molecule has 0 bridgehead atoms. The number of halogens is 1. The molecule has 2 aliphatic carbocycles. The van der Waals surface area contributed by atoms with Crippen molar-refractivity contribution in [1.29, 1.82) is 0 Å². The first-order chi connectivity index (χ1) is 16.7. The summed E-state index contributed by atoms with van der Waals surface area (Å²) < 4.78 is 26.8. The van der Waals surface area contributed by atoms with Gasteiger partial charge in [-0.15, -0.1) is 0 Å². The summed E-state index contributed by atoms with van der Waals surface area (Å²) in [6, 6.07) is 4.34. The van der Waals surface area contributed by atoms with Gasteiger partial charge in [0.2, 0.25) is 0 Å². The monoisotopic (exact) mass is 464 g/mol. The highest BCUT2D eigenvalue weighted by Gasteiger charge is 2.31. The molecule has 3 fully saturated rings. The lowest BCUT2D eigenvalue weighted by Gasteiger charge is -2.31. The number of ether oxygens (including phenoxy) is 2. The van der Waals surface area contributed by atoms with Crippen molar-refractivity contribution in [1.82, 2.24) is 19.9 Å². The van der Waals surface area contributed by atoms with Gasteiger partial charge in [0, 0.05) is 49.2 Å². The van der Waals surface area contributed by atoms with Gasteiger partial charge in [-0.25, -0.2) is 19.3 Å². The van der Waals surface area contributed by atoms with E-state index in [2.05, 4.69) is 42.3 Å². The van der Waals surface area contributed by atoms with Crippen LogP contribution in [-0.4, -0.2) is 58.4 Å². The van der Waals surface area contributed by atoms with Gasteiger partial charge in [0.15, 0.2) is 11.6 Å². The molecule has 0 unspecified atom stereocenters. The Balaban J connectivity index is 1.13. The number of hydrogen-bond donors (Lipinski definition) is 1. The van der Waals surface area contributed by atoms with E-state index in [1.54, 1.807) is 12.4 Å². The summed E-state index contributed by atoms with van der Waals surface area (Å²) in [5.41, 5.74) is 3.27. The third-order valence-electron chi connectivity index (χ3n) is 6.99. The summed E-state index contributed by atoms with van der Waals surface area (Å²) in [6.07, 6.45) is 10.5. The summed E-state index contributed by atoms with van der Waals surface area (Å²) in [5, 5.41) is 3.32. The lowest BCUT2D eigenvalue weighted by Crippen LogP contribution is -2.36. The van der Waals surface area contributed by atoms with Gasteiger partial charge in [-0.1, -0.05) is 0 Å². The Bertz CT molecular complexity index is 1160. The number of anilines is 2. The molecule has 2 aromatic heterocycles. The van der Waals surface area contributed by atoms with E-state index in [9.17, 15) is 4.39 Å². The predicted molar refractivity (Wildman–Crippen MR) is 127 cm³/mol. The van der Waals surface area contributed by atoms with E-state index in [-0.39, 0.29) is 23.9 Å². The van der Waals surface area contributed by atoms with Crippen LogP contribution in [0.25, 0.3) is 11.0 Å². The fraction of sp³-hybridized carbons (Fsp3) is 0.520. The molecule has 3 aromatic rings. The summed E-state index contributed by atoms with van der Waals surface area (Å²) in [4.78, 5) is 19.7. The van der Waals surface area contributed by atoms with E-state index >= 15 is 0 Å². The predicted octanol–water partition coefficient (Wildman–Crippen LogP) is 4.08. The molecule has 3 aliphatic rings. The molecular weight excluding hydrogens is 435 g/mol. The molecule has 0 amide bonds. The molecule has 1 aliphatic heterocycles. The van der Waals surface area contributed by atoms with Gasteiger partial charge in [-0.2, -0.15) is 0 Å². The van der Waals surface area contributed by atoms with Crippen molar-refractivity contribution in [2.45, 2.75) is 56.6 Å². The molecule has 1 saturated heterocycles. The van der Waals surface area contributed by atoms with Crippen LogP contribution in [0.3, 0.4) is 0 Å². The SMILES string of the molecule is Fc1c(N[C@H]2CC[C@@H](Oc3cc(N4CCOCC4)cc4nccnc34)CC2)ncnc1C1CC1. The Hall–Kier alpha value is -3.07. The van der Waals surface area contributed by atoms with E-state index in [1.807, 2.05) is 0 Å². The number of hydrogen-bond acceptors (Lipinski definition) is 8. The summed E-state index contributed by atoms with van der Waals surface area (Å²) in [5.74, 6) is 1.09. The Morgan fingerprint density at radius 2 is 1.74 bits per heavy atom. The molecular formula is C25H29FN6O2. The molecule has 0 atom stereocenters. The van der Waals surface area contributed by atoms with Gasteiger partial charge in [-0.05, 0) is 44.6 Å². The second kappa shape index (κ2) is 9.29. The maximum atomic E-state index is 14.8. The van der Waals surface area contributed by atoms with Crippen molar-refractivity contribution in [3.05, 3.63) is 42.4 Å². The highest BCUT2D eigenvalue weighted by Crippen LogP contribution is 2.41. The van der Waals surface area contributed by atoms with Gasteiger partial charge >= 0.3 is 0 Å². The van der Waals surface area contributed by atoms with Crippen molar-refractivity contribution in [2.24, 2.45) is 0 Å². The van der Waals surface area contributed by atoms with Crippen molar-refractivity contribution in [3.8, 4) is 5.75 Å². The average molecular weight is 465 g/mol. The lowest BCUT2D eigenvalue weighted by atomic mass is 9.93. The largest absolute Gasteiger partial charge is 0.488 e. The first-order valence-corrected chi connectivity index (χ1v) is 12.3. The fourth-order valence-electron chi connectivity index (χ4n) is 4.95. The number of aromatic nitrogens is 4. The highest BCUT2D eigenvalue weighted by atomic mass is 19.1. The van der Waals surface area contributed by atoms with Gasteiger partial charge in [0.05, 0.1) is 30.5 Å². The lowest BCUT2D eigenvalue weighted by molar-refractivity contribution is 0.122. The van der Waals surface area contributed by atoms with Gasteiger partial charge < -0.3 is 19.7 Å². The van der Waals surface area contributed by atoms with Crippen molar-refractivity contribution in [2.75, 3.05) is 36.5 Å². The standard InChI is InChI=1S/C25H29FN6O2/c26-22-23(16-1-2-16)29-15-30-25(22)31-17-3-5-19(6-4-17)34-21-14-18(32-9-11-33-12-10-32)13-20-24(21)28-8-7-27-20/h7-8,13-17,19H,1-6,9-12H2,(H,29,30,31)/t17-,19+. The van der Waals surface area contributed by atoms with E-state index in [4.69, 9.17) is 9.47 Å². The zero-order valence-electron chi connectivity index (χ0n) is 19.1. The fourth-order valence-corrected chi connectivity index (χ4v) is 4.95. The zero-order valence-corrected chi connectivity index (χ0v) is 19.1. The second-order valence-electron chi connectivity index (χ2n) is 9.40. The number of nitrogens with zero attached hydrogens (tertiary/aromatic N) is 5. The molecule has 6 rings (SSSR count). The maximum absolute atomic E-state index is 14.8. The number of morpholine rings is 1. The van der Waals surface area contributed by atoms with Crippen LogP contribution in [0.5, 0.6) is 5.75 Å². The third-order valence-corrected chi connectivity index (χ3v) is 6.99. The molecule has 1 aromatic carbocycles. The minimum atomic E-state index is -0.284. The zero-order chi connectivity index (χ0) is 22.9. The minimum absolute atomic E-state index is 0.0838. The normalized spacial score (nSPS) is 23.1. The molecule has 9 heteroatoms. The quantitative estimate of drug-likeness (QED) is 0.584. The Morgan fingerprint density at radius 3 is 2.53 bits per heavy atom. The molecule has 3 heterocycles. The molecule has 178 valence electrons. The number of fused-ring (bicyclic) bond motifs is 1. The molecule has 8 nitrogen and oxygen atoms in total. The molecule has 2 saturated carbocycles. The smallest absolute Gasteiger partial charge is 0.187 e. The molecule has 34 heavy (non-hydrogen) atoms. The third kappa shape index (κ3) is 4.49. The Labute approximate surface area is 197 Å². The molecule has 1 N–H and O–H groups in total. The summed E-state index contributed by atoms with van der Waals surface area (Å²) >= 11 is 0. The number of nitrogens with one attached hydrogen (secondary N) is 1. The molecule has 0 radical (unpaired) electrons. The van der Waals surface area contributed by atoms with Crippen LogP contribution in [0.2, 0.25) is 0 Å². The van der Waals surface area contributed by atoms with Crippen LogP contribution >= 0.6 is 0 Å². The maximum Gasteiger partial charge on any atom is 0.187 e. The van der Waals surface area contributed by atoms with Crippen LogP contribution in [0, 0.1) is 5.82 Å². The van der Waals surface area contributed by atoms with Gasteiger partial charge in [0.25, 0.3) is 0 Å². The Kier molecular flexibility index (Phi) is 5.86. The summed E-state index contributed by atoms with van der Waals surface area (Å²) in [7, 11) is 0. The van der Waals surface area contributed by atoms with Gasteiger partial charge in [-0.3, -0.25) is 4.98 Å². The Morgan fingerprint density at radius 1 is 0.941 bits per heavy atom.